The molecule has 0 aliphatic carbocycles. The number of nitrogens with zero attached hydrogens (tertiary/aromatic N) is 2. The van der Waals surface area contributed by atoms with Gasteiger partial charge in [-0.05, 0) is 24.8 Å². The van der Waals surface area contributed by atoms with Crippen LogP contribution in [0.25, 0.3) is 0 Å². The van der Waals surface area contributed by atoms with Crippen LogP contribution in [0.5, 0.6) is 0 Å². The molecular weight excluding hydrogens is 288 g/mol. The highest BCUT2D eigenvalue weighted by atomic mass is 16.5. The van der Waals surface area contributed by atoms with Crippen LogP contribution in [-0.2, 0) is 16.0 Å². The fraction of sp³-hybridized carbons (Fsp3) is 0.632. The monoisotopic (exact) mass is 314 g/mol. The first-order chi connectivity index (χ1) is 11.3. The van der Waals surface area contributed by atoms with Gasteiger partial charge in [-0.15, -0.1) is 0 Å². The number of amides is 1. The zero-order valence-electron chi connectivity index (χ0n) is 13.7. The molecule has 0 unspecified atom stereocenters. The Bertz CT molecular complexity index is 530. The molecule has 3 heterocycles. The van der Waals surface area contributed by atoms with E-state index in [4.69, 9.17) is 4.74 Å². The summed E-state index contributed by atoms with van der Waals surface area (Å²) in [5.74, 6) is 0.919. The summed E-state index contributed by atoms with van der Waals surface area (Å²) >= 11 is 0. The summed E-state index contributed by atoms with van der Waals surface area (Å²) in [5, 5.41) is 0. The van der Waals surface area contributed by atoms with Gasteiger partial charge in [-0.2, -0.15) is 0 Å². The van der Waals surface area contributed by atoms with Gasteiger partial charge in [0.25, 0.3) is 0 Å². The smallest absolute Gasteiger partial charge is 0.225 e. The van der Waals surface area contributed by atoms with Crippen molar-refractivity contribution >= 4 is 5.91 Å². The molecule has 4 nitrogen and oxygen atoms in total. The Balaban J connectivity index is 1.21. The van der Waals surface area contributed by atoms with Crippen LogP contribution in [0.3, 0.4) is 0 Å². The van der Waals surface area contributed by atoms with Gasteiger partial charge in [0, 0.05) is 38.6 Å². The summed E-state index contributed by atoms with van der Waals surface area (Å²) in [7, 11) is 0. The number of carbonyl (C=O) groups excluding carboxylic acids is 1. The third-order valence-corrected chi connectivity index (χ3v) is 5.56. The first-order valence-electron chi connectivity index (χ1n) is 8.97. The molecule has 4 heteroatoms. The third-order valence-electron chi connectivity index (χ3n) is 5.56. The van der Waals surface area contributed by atoms with Gasteiger partial charge in [0.05, 0.1) is 18.6 Å². The van der Waals surface area contributed by atoms with Crippen molar-refractivity contribution in [2.45, 2.75) is 37.9 Å². The number of benzene rings is 1. The van der Waals surface area contributed by atoms with Crippen LogP contribution < -0.4 is 0 Å². The lowest BCUT2D eigenvalue weighted by molar-refractivity contribution is -0.137. The third kappa shape index (κ3) is 3.43. The lowest BCUT2D eigenvalue weighted by Gasteiger charge is -2.31. The van der Waals surface area contributed by atoms with Crippen molar-refractivity contribution < 1.29 is 9.53 Å². The fourth-order valence-corrected chi connectivity index (χ4v) is 4.08. The highest BCUT2D eigenvalue weighted by molar-refractivity contribution is 5.77. The van der Waals surface area contributed by atoms with Gasteiger partial charge < -0.3 is 14.5 Å². The van der Waals surface area contributed by atoms with Crippen molar-refractivity contribution in [3.63, 3.8) is 0 Å². The minimum atomic E-state index is 0.161. The molecular formula is C19H26N2O2. The van der Waals surface area contributed by atoms with E-state index in [2.05, 4.69) is 35.2 Å². The summed E-state index contributed by atoms with van der Waals surface area (Å²) in [5.41, 5.74) is 1.41. The summed E-state index contributed by atoms with van der Waals surface area (Å²) in [6.45, 7) is 5.17. The fourth-order valence-electron chi connectivity index (χ4n) is 4.08. The standard InChI is InChI=1S/C19H26N2O2/c22-19(21-8-4-9-21)12-17-11-16-13-20(14-18(16)23-17)10-7-15-5-2-1-3-6-15/h1-3,5-6,16-18H,4,7-14H2/t16-,17+,18+/m0/s1. The Morgan fingerprint density at radius 1 is 1.17 bits per heavy atom. The van der Waals surface area contributed by atoms with E-state index in [0.717, 1.165) is 45.6 Å². The van der Waals surface area contributed by atoms with E-state index in [0.29, 0.717) is 24.3 Å². The van der Waals surface area contributed by atoms with Gasteiger partial charge in [0.15, 0.2) is 0 Å². The number of ether oxygens (including phenoxy) is 1. The molecule has 3 saturated heterocycles. The summed E-state index contributed by atoms with van der Waals surface area (Å²) in [4.78, 5) is 16.5. The normalized spacial score (nSPS) is 30.3. The van der Waals surface area contributed by atoms with E-state index in [-0.39, 0.29) is 6.10 Å². The Morgan fingerprint density at radius 2 is 2.00 bits per heavy atom. The van der Waals surface area contributed by atoms with Crippen LogP contribution in [0, 0.1) is 5.92 Å². The van der Waals surface area contributed by atoms with Crippen LogP contribution in [0.2, 0.25) is 0 Å². The molecule has 3 fully saturated rings. The van der Waals surface area contributed by atoms with Crippen molar-refractivity contribution in [2.75, 3.05) is 32.7 Å². The Hall–Kier alpha value is -1.39. The predicted octanol–water partition coefficient (Wildman–Crippen LogP) is 1.94. The van der Waals surface area contributed by atoms with Crippen molar-refractivity contribution in [1.29, 1.82) is 0 Å². The molecule has 1 aromatic rings. The number of likely N-dealkylation sites (tertiary alicyclic amines) is 2. The van der Waals surface area contributed by atoms with Crippen LogP contribution >= 0.6 is 0 Å². The average molecular weight is 314 g/mol. The Labute approximate surface area is 138 Å². The molecule has 1 amide bonds. The van der Waals surface area contributed by atoms with E-state index in [1.54, 1.807) is 0 Å². The van der Waals surface area contributed by atoms with Gasteiger partial charge in [-0.3, -0.25) is 4.79 Å². The number of hydrogen-bond acceptors (Lipinski definition) is 3. The lowest BCUT2D eigenvalue weighted by Crippen LogP contribution is -2.43. The molecule has 0 saturated carbocycles. The van der Waals surface area contributed by atoms with E-state index < -0.39 is 0 Å². The maximum atomic E-state index is 12.1. The van der Waals surface area contributed by atoms with E-state index in [9.17, 15) is 4.79 Å². The van der Waals surface area contributed by atoms with E-state index in [1.807, 2.05) is 4.90 Å². The lowest BCUT2D eigenvalue weighted by atomic mass is 10.0. The molecule has 3 atom stereocenters. The molecule has 1 aromatic carbocycles. The number of fused-ring (bicyclic) bond motifs is 1. The van der Waals surface area contributed by atoms with Gasteiger partial charge in [0.1, 0.15) is 0 Å². The topological polar surface area (TPSA) is 32.8 Å². The molecule has 0 N–H and O–H groups in total. The summed E-state index contributed by atoms with van der Waals surface area (Å²) < 4.78 is 6.17. The molecule has 3 aliphatic rings. The quantitative estimate of drug-likeness (QED) is 0.833. The molecule has 0 spiro atoms. The molecule has 4 rings (SSSR count). The number of carbonyl (C=O) groups is 1. The Morgan fingerprint density at radius 3 is 2.70 bits per heavy atom. The van der Waals surface area contributed by atoms with Crippen LogP contribution in [0.15, 0.2) is 30.3 Å². The predicted molar refractivity (Wildman–Crippen MR) is 89.2 cm³/mol. The largest absolute Gasteiger partial charge is 0.373 e. The van der Waals surface area contributed by atoms with Crippen molar-refractivity contribution in [3.8, 4) is 0 Å². The summed E-state index contributed by atoms with van der Waals surface area (Å²) in [6.07, 6.45) is 4.44. The molecule has 0 bridgehead atoms. The minimum absolute atomic E-state index is 0.161. The summed E-state index contributed by atoms with van der Waals surface area (Å²) in [6, 6.07) is 10.7. The van der Waals surface area contributed by atoms with Crippen LogP contribution in [0.1, 0.15) is 24.8 Å². The van der Waals surface area contributed by atoms with Crippen molar-refractivity contribution in [3.05, 3.63) is 35.9 Å². The Kier molecular flexibility index (Phi) is 4.36. The molecule has 3 aliphatic heterocycles. The second kappa shape index (κ2) is 6.62. The maximum absolute atomic E-state index is 12.1. The van der Waals surface area contributed by atoms with Gasteiger partial charge in [0.2, 0.25) is 5.91 Å². The highest BCUT2D eigenvalue weighted by Crippen LogP contribution is 2.34. The number of hydrogen-bond donors (Lipinski definition) is 0. The van der Waals surface area contributed by atoms with Gasteiger partial charge in [-0.25, -0.2) is 0 Å². The van der Waals surface area contributed by atoms with E-state index >= 15 is 0 Å². The maximum Gasteiger partial charge on any atom is 0.225 e. The van der Waals surface area contributed by atoms with Gasteiger partial charge in [-0.1, -0.05) is 30.3 Å². The second-order valence-electron chi connectivity index (χ2n) is 7.23. The SMILES string of the molecule is O=C(C[C@H]1C[C@H]2CN(CCc3ccccc3)C[C@H]2O1)N1CCC1. The number of rotatable bonds is 5. The zero-order valence-corrected chi connectivity index (χ0v) is 13.7. The molecule has 0 radical (unpaired) electrons. The van der Waals surface area contributed by atoms with Gasteiger partial charge >= 0.3 is 0 Å². The zero-order chi connectivity index (χ0) is 15.6. The molecule has 0 aromatic heterocycles. The second-order valence-corrected chi connectivity index (χ2v) is 7.23. The minimum Gasteiger partial charge on any atom is -0.373 e. The highest BCUT2D eigenvalue weighted by Gasteiger charge is 2.42. The van der Waals surface area contributed by atoms with Crippen molar-refractivity contribution in [2.24, 2.45) is 5.92 Å². The average Bonchev–Trinajstić information content (AvgIpc) is 3.02. The van der Waals surface area contributed by atoms with Crippen LogP contribution in [0.4, 0.5) is 0 Å². The van der Waals surface area contributed by atoms with E-state index in [1.165, 1.54) is 12.0 Å². The molecule has 124 valence electrons. The first kappa shape index (κ1) is 15.2. The molecule has 23 heavy (non-hydrogen) atoms. The first-order valence-corrected chi connectivity index (χ1v) is 8.97. The van der Waals surface area contributed by atoms with Crippen molar-refractivity contribution in [1.82, 2.24) is 9.80 Å². The van der Waals surface area contributed by atoms with Crippen LogP contribution in [-0.4, -0.2) is 60.6 Å².